The Morgan fingerprint density at radius 3 is 3.00 bits per heavy atom. The van der Waals surface area contributed by atoms with E-state index in [0.29, 0.717) is 6.54 Å². The van der Waals surface area contributed by atoms with Crippen molar-refractivity contribution >= 4 is 11.3 Å². The first-order valence-corrected chi connectivity index (χ1v) is 6.64. The van der Waals surface area contributed by atoms with Crippen LogP contribution in [0.2, 0.25) is 0 Å². The Balaban J connectivity index is 1.98. The van der Waals surface area contributed by atoms with Gasteiger partial charge in [-0.1, -0.05) is 11.8 Å². The van der Waals surface area contributed by atoms with E-state index in [9.17, 15) is 0 Å². The molecule has 0 spiro atoms. The number of rotatable bonds is 4. The van der Waals surface area contributed by atoms with Gasteiger partial charge in [-0.15, -0.1) is 11.3 Å². The van der Waals surface area contributed by atoms with E-state index < -0.39 is 0 Å². The van der Waals surface area contributed by atoms with E-state index >= 15 is 0 Å². The standard InChI is InChI=1S/C14H16N2OS/c1-16(10-13-5-3-8-17-13)11-14-12(4-2-7-15)6-9-18-14/h3,5-6,8-9H,7,10-11,15H2,1H3. The molecule has 0 unspecified atom stereocenters. The molecule has 3 nitrogen and oxygen atoms in total. The van der Waals surface area contributed by atoms with Crippen LogP contribution < -0.4 is 5.73 Å². The molecule has 0 fully saturated rings. The Morgan fingerprint density at radius 1 is 1.39 bits per heavy atom. The van der Waals surface area contributed by atoms with Crippen LogP contribution >= 0.6 is 11.3 Å². The van der Waals surface area contributed by atoms with Crippen molar-refractivity contribution in [3.8, 4) is 11.8 Å². The number of hydrogen-bond donors (Lipinski definition) is 1. The summed E-state index contributed by atoms with van der Waals surface area (Å²) < 4.78 is 5.34. The van der Waals surface area contributed by atoms with Crippen molar-refractivity contribution in [3.05, 3.63) is 46.0 Å². The van der Waals surface area contributed by atoms with Gasteiger partial charge in [0, 0.05) is 17.0 Å². The molecule has 0 aliphatic carbocycles. The monoisotopic (exact) mass is 260 g/mol. The van der Waals surface area contributed by atoms with Crippen molar-refractivity contribution in [3.63, 3.8) is 0 Å². The zero-order chi connectivity index (χ0) is 12.8. The van der Waals surface area contributed by atoms with E-state index in [1.807, 2.05) is 18.2 Å². The summed E-state index contributed by atoms with van der Waals surface area (Å²) in [5.74, 6) is 6.98. The van der Waals surface area contributed by atoms with Crippen molar-refractivity contribution in [1.82, 2.24) is 4.90 Å². The third-order valence-electron chi connectivity index (χ3n) is 2.49. The van der Waals surface area contributed by atoms with Crippen LogP contribution in [0.1, 0.15) is 16.2 Å². The molecule has 2 aromatic rings. The third kappa shape index (κ3) is 3.47. The first-order chi connectivity index (χ1) is 8.79. The minimum absolute atomic E-state index is 0.400. The normalized spacial score (nSPS) is 10.4. The zero-order valence-corrected chi connectivity index (χ0v) is 11.2. The predicted octanol–water partition coefficient (Wildman–Crippen LogP) is 2.28. The Hall–Kier alpha value is -1.54. The molecule has 94 valence electrons. The molecule has 0 bridgehead atoms. The summed E-state index contributed by atoms with van der Waals surface area (Å²) >= 11 is 1.73. The van der Waals surface area contributed by atoms with E-state index in [0.717, 1.165) is 24.4 Å². The average Bonchev–Trinajstić information content (AvgIpc) is 2.98. The third-order valence-corrected chi connectivity index (χ3v) is 3.40. The van der Waals surface area contributed by atoms with Gasteiger partial charge in [-0.2, -0.15) is 0 Å². The van der Waals surface area contributed by atoms with Crippen LogP contribution in [0.3, 0.4) is 0 Å². The molecule has 0 radical (unpaired) electrons. The van der Waals surface area contributed by atoms with Crippen molar-refractivity contribution in [2.45, 2.75) is 13.1 Å². The topological polar surface area (TPSA) is 42.4 Å². The molecule has 0 atom stereocenters. The van der Waals surface area contributed by atoms with Crippen LogP contribution in [0.5, 0.6) is 0 Å². The van der Waals surface area contributed by atoms with Crippen LogP contribution in [0.15, 0.2) is 34.3 Å². The molecular formula is C14H16N2OS. The highest BCUT2D eigenvalue weighted by Gasteiger charge is 2.07. The summed E-state index contributed by atoms with van der Waals surface area (Å²) in [6, 6.07) is 5.94. The lowest BCUT2D eigenvalue weighted by Crippen LogP contribution is -2.16. The molecule has 2 N–H and O–H groups in total. The van der Waals surface area contributed by atoms with E-state index in [1.54, 1.807) is 17.6 Å². The SMILES string of the molecule is CN(Cc1ccco1)Cc1sccc1C#CCN. The number of thiophene rings is 1. The summed E-state index contributed by atoms with van der Waals surface area (Å²) in [5, 5.41) is 2.07. The molecule has 0 aliphatic rings. The van der Waals surface area contributed by atoms with Crippen molar-refractivity contribution in [2.75, 3.05) is 13.6 Å². The summed E-state index contributed by atoms with van der Waals surface area (Å²) in [6.07, 6.45) is 1.70. The summed E-state index contributed by atoms with van der Waals surface area (Å²) in [6.45, 7) is 2.07. The van der Waals surface area contributed by atoms with Gasteiger partial charge in [0.25, 0.3) is 0 Å². The van der Waals surface area contributed by atoms with Crippen LogP contribution in [-0.4, -0.2) is 18.5 Å². The fraction of sp³-hybridized carbons (Fsp3) is 0.286. The molecule has 0 amide bonds. The molecule has 0 saturated heterocycles. The Bertz CT molecular complexity index is 534. The van der Waals surface area contributed by atoms with Gasteiger partial charge in [-0.05, 0) is 30.6 Å². The first kappa shape index (κ1) is 12.9. The minimum Gasteiger partial charge on any atom is -0.468 e. The molecular weight excluding hydrogens is 244 g/mol. The largest absolute Gasteiger partial charge is 0.468 e. The smallest absolute Gasteiger partial charge is 0.117 e. The van der Waals surface area contributed by atoms with Crippen LogP contribution in [0, 0.1) is 11.8 Å². The molecule has 0 aliphatic heterocycles. The highest BCUT2D eigenvalue weighted by atomic mass is 32.1. The predicted molar refractivity (Wildman–Crippen MR) is 74.1 cm³/mol. The molecule has 4 heteroatoms. The first-order valence-electron chi connectivity index (χ1n) is 5.76. The molecule has 18 heavy (non-hydrogen) atoms. The summed E-state index contributed by atoms with van der Waals surface area (Å²) in [4.78, 5) is 3.48. The van der Waals surface area contributed by atoms with Gasteiger partial charge in [-0.3, -0.25) is 4.90 Å². The lowest BCUT2D eigenvalue weighted by atomic mass is 10.2. The fourth-order valence-electron chi connectivity index (χ4n) is 1.69. The van der Waals surface area contributed by atoms with E-state index in [1.165, 1.54) is 4.88 Å². The van der Waals surface area contributed by atoms with Crippen LogP contribution in [0.4, 0.5) is 0 Å². The lowest BCUT2D eigenvalue weighted by Gasteiger charge is -2.14. The van der Waals surface area contributed by atoms with Gasteiger partial charge < -0.3 is 10.2 Å². The number of furan rings is 1. The molecule has 2 heterocycles. The zero-order valence-electron chi connectivity index (χ0n) is 10.3. The maximum atomic E-state index is 5.39. The van der Waals surface area contributed by atoms with Gasteiger partial charge in [0.1, 0.15) is 5.76 Å². The number of hydrogen-bond acceptors (Lipinski definition) is 4. The Labute approximate surface area is 111 Å². The quantitative estimate of drug-likeness (QED) is 0.858. The second-order valence-electron chi connectivity index (χ2n) is 4.02. The van der Waals surface area contributed by atoms with Crippen molar-refractivity contribution < 1.29 is 4.42 Å². The van der Waals surface area contributed by atoms with E-state index in [4.69, 9.17) is 10.2 Å². The van der Waals surface area contributed by atoms with Gasteiger partial charge in [0.05, 0.1) is 19.4 Å². The summed E-state index contributed by atoms with van der Waals surface area (Å²) in [7, 11) is 2.07. The second kappa shape index (κ2) is 6.41. The maximum absolute atomic E-state index is 5.39. The minimum atomic E-state index is 0.400. The molecule has 0 aromatic carbocycles. The van der Waals surface area contributed by atoms with Crippen molar-refractivity contribution in [2.24, 2.45) is 5.73 Å². The Kier molecular flexibility index (Phi) is 4.59. The van der Waals surface area contributed by atoms with E-state index in [-0.39, 0.29) is 0 Å². The summed E-state index contributed by atoms with van der Waals surface area (Å²) in [5.41, 5.74) is 6.47. The van der Waals surface area contributed by atoms with E-state index in [2.05, 4.69) is 29.2 Å². The van der Waals surface area contributed by atoms with Gasteiger partial charge in [0.2, 0.25) is 0 Å². The molecule has 2 rings (SSSR count). The fourth-order valence-corrected chi connectivity index (χ4v) is 2.60. The molecule has 0 saturated carbocycles. The van der Waals surface area contributed by atoms with Gasteiger partial charge >= 0.3 is 0 Å². The number of nitrogens with two attached hydrogens (primary N) is 1. The average molecular weight is 260 g/mol. The van der Waals surface area contributed by atoms with Crippen LogP contribution in [-0.2, 0) is 13.1 Å². The highest BCUT2D eigenvalue weighted by molar-refractivity contribution is 7.10. The Morgan fingerprint density at radius 2 is 2.28 bits per heavy atom. The van der Waals surface area contributed by atoms with Crippen molar-refractivity contribution in [1.29, 1.82) is 0 Å². The lowest BCUT2D eigenvalue weighted by molar-refractivity contribution is 0.290. The highest BCUT2D eigenvalue weighted by Crippen LogP contribution is 2.18. The maximum Gasteiger partial charge on any atom is 0.117 e. The van der Waals surface area contributed by atoms with Gasteiger partial charge in [0.15, 0.2) is 0 Å². The second-order valence-corrected chi connectivity index (χ2v) is 5.02. The number of nitrogens with zero attached hydrogens (tertiary/aromatic N) is 1. The molecule has 2 aromatic heterocycles. The van der Waals surface area contributed by atoms with Gasteiger partial charge in [-0.25, -0.2) is 0 Å². The van der Waals surface area contributed by atoms with Crippen LogP contribution in [0.25, 0.3) is 0 Å².